The van der Waals surface area contributed by atoms with Gasteiger partial charge in [0.05, 0.1) is 6.20 Å². The zero-order chi connectivity index (χ0) is 38.0. The van der Waals surface area contributed by atoms with Crippen molar-refractivity contribution in [2.75, 3.05) is 23.7 Å². The molecule has 0 unspecified atom stereocenters. The number of fused-ring (bicyclic) bond motifs is 6. The van der Waals surface area contributed by atoms with Crippen molar-refractivity contribution in [3.8, 4) is 34.1 Å². The SMILES string of the molecule is CC(C)c1cccc(C(C)C)c1B1N(C)c2ccc(Oc3[c-]c4c(cc3)N(C)B(c3c(C(C)C)cccc3C(C)C)[n+]3ccc[c-]c3-4)[c-]c2-c2nccn21.[Pt]. The van der Waals surface area contributed by atoms with E-state index in [1.165, 1.54) is 33.2 Å². The molecule has 4 aromatic carbocycles. The van der Waals surface area contributed by atoms with E-state index in [1.807, 2.05) is 24.4 Å². The van der Waals surface area contributed by atoms with Gasteiger partial charge in [0.25, 0.3) is 0 Å². The molecule has 0 saturated carbocycles. The van der Waals surface area contributed by atoms with Gasteiger partial charge >= 0.3 is 14.0 Å². The van der Waals surface area contributed by atoms with Crippen LogP contribution in [0.3, 0.4) is 0 Å². The van der Waals surface area contributed by atoms with Crippen molar-refractivity contribution in [3.63, 3.8) is 0 Å². The molecule has 6 nitrogen and oxygen atoms in total. The molecule has 2 aliphatic rings. The van der Waals surface area contributed by atoms with Crippen molar-refractivity contribution in [3.05, 3.63) is 132 Å². The predicted molar refractivity (Wildman–Crippen MR) is 224 cm³/mol. The summed E-state index contributed by atoms with van der Waals surface area (Å²) in [6.45, 7) is 18.2. The van der Waals surface area contributed by atoms with Crippen LogP contribution in [0, 0.1) is 18.2 Å². The molecule has 0 fully saturated rings. The number of aromatic nitrogens is 3. The van der Waals surface area contributed by atoms with Crippen LogP contribution in [0.2, 0.25) is 0 Å². The van der Waals surface area contributed by atoms with E-state index in [9.17, 15) is 0 Å². The van der Waals surface area contributed by atoms with Crippen molar-refractivity contribution < 1.29 is 30.3 Å². The van der Waals surface area contributed by atoms with Crippen molar-refractivity contribution in [2.45, 2.75) is 79.1 Å². The summed E-state index contributed by atoms with van der Waals surface area (Å²) in [7, 11) is 4.37. The van der Waals surface area contributed by atoms with E-state index in [0.717, 1.165) is 34.0 Å². The van der Waals surface area contributed by atoms with Gasteiger partial charge in [-0.05, 0) is 71.2 Å². The molecule has 4 heterocycles. The zero-order valence-corrected chi connectivity index (χ0v) is 35.9. The Labute approximate surface area is 343 Å². The van der Waals surface area contributed by atoms with Gasteiger partial charge in [-0.2, -0.15) is 23.8 Å². The molecule has 0 spiro atoms. The number of benzene rings is 4. The van der Waals surface area contributed by atoms with Gasteiger partial charge in [-0.25, -0.2) is 0 Å². The summed E-state index contributed by atoms with van der Waals surface area (Å²) in [5.41, 5.74) is 13.2. The number of hydrogen-bond donors (Lipinski definition) is 0. The van der Waals surface area contributed by atoms with Crippen molar-refractivity contribution >= 4 is 36.3 Å². The summed E-state index contributed by atoms with van der Waals surface area (Å²) in [6.07, 6.45) is 6.17. The van der Waals surface area contributed by atoms with Gasteiger partial charge in [0, 0.05) is 56.2 Å². The third-order valence-electron chi connectivity index (χ3n) is 11.3. The standard InChI is InChI=1S/C46H49B2N5O.Pt/c1-29(2)35-15-13-16-36(30(3)4)44(35)47-50(9)41-22-20-33(27-39(41)43-19-11-12-25-52(43)47)54-34-21-23-42-40(28-34)46-49-24-26-53(46)48(51(42)10)45-37(31(5)6)17-14-18-38(45)32(7)8;/h11-18,20-26,29-32H,1-10H3;/q-2;. The first-order chi connectivity index (χ1) is 26.0. The van der Waals surface area contributed by atoms with E-state index < -0.39 is 0 Å². The number of nitrogens with zero attached hydrogens (tertiary/aromatic N) is 5. The summed E-state index contributed by atoms with van der Waals surface area (Å²) in [5, 5.41) is 0. The molecule has 282 valence electrons. The monoisotopic (exact) mass is 904 g/mol. The Hall–Kier alpha value is -4.54. The summed E-state index contributed by atoms with van der Waals surface area (Å²) < 4.78 is 11.2. The fourth-order valence-electron chi connectivity index (χ4n) is 8.75. The predicted octanol–water partition coefficient (Wildman–Crippen LogP) is 8.58. The Morgan fingerprint density at radius 2 is 1.18 bits per heavy atom. The second kappa shape index (κ2) is 15.2. The Kier molecular flexibility index (Phi) is 10.7. The van der Waals surface area contributed by atoms with E-state index in [0.29, 0.717) is 35.2 Å². The minimum absolute atomic E-state index is 0. The third kappa shape index (κ3) is 6.55. The molecule has 2 aliphatic heterocycles. The smallest absolute Gasteiger partial charge is 0.498 e. The van der Waals surface area contributed by atoms with E-state index in [1.54, 1.807) is 0 Å². The maximum atomic E-state index is 6.60. The average Bonchev–Trinajstić information content (AvgIpc) is 3.65. The molecule has 0 radical (unpaired) electrons. The van der Waals surface area contributed by atoms with Crippen molar-refractivity contribution in [1.29, 1.82) is 0 Å². The van der Waals surface area contributed by atoms with E-state index in [4.69, 9.17) is 9.72 Å². The Morgan fingerprint density at radius 1 is 0.655 bits per heavy atom. The number of hydrogen-bond acceptors (Lipinski definition) is 4. The molecule has 0 bridgehead atoms. The molecular formula is C46H49B2N5OPt-2. The second-order valence-electron chi connectivity index (χ2n) is 16.1. The summed E-state index contributed by atoms with van der Waals surface area (Å²) in [6, 6.07) is 36.8. The second-order valence-corrected chi connectivity index (χ2v) is 16.1. The van der Waals surface area contributed by atoms with Gasteiger partial charge < -0.3 is 23.3 Å². The van der Waals surface area contributed by atoms with Crippen LogP contribution in [0.1, 0.15) is 101 Å². The number of pyridine rings is 1. The van der Waals surface area contributed by atoms with Gasteiger partial charge in [0.2, 0.25) is 0 Å². The minimum atomic E-state index is -0.0288. The minimum Gasteiger partial charge on any atom is -0.498 e. The summed E-state index contributed by atoms with van der Waals surface area (Å²) >= 11 is 0. The molecule has 0 aliphatic carbocycles. The first-order valence-electron chi connectivity index (χ1n) is 19.4. The number of rotatable bonds is 8. The summed E-state index contributed by atoms with van der Waals surface area (Å²) in [5.74, 6) is 3.68. The third-order valence-corrected chi connectivity index (χ3v) is 11.3. The van der Waals surface area contributed by atoms with Gasteiger partial charge in [-0.3, -0.25) is 4.98 Å². The average molecular weight is 905 g/mol. The molecule has 6 aromatic rings. The number of imidazole rings is 1. The van der Waals surface area contributed by atoms with Crippen LogP contribution in [0.5, 0.6) is 11.5 Å². The fraction of sp³-hybridized carbons (Fsp3) is 0.304. The Morgan fingerprint density at radius 3 is 1.75 bits per heavy atom. The first-order valence-corrected chi connectivity index (χ1v) is 19.4. The van der Waals surface area contributed by atoms with E-state index in [2.05, 4.69) is 173 Å². The quantitative estimate of drug-likeness (QED) is 0.113. The molecule has 9 heteroatoms. The molecule has 2 aromatic heterocycles. The first kappa shape index (κ1) is 38.7. The van der Waals surface area contributed by atoms with Gasteiger partial charge in [-0.1, -0.05) is 121 Å². The zero-order valence-electron chi connectivity index (χ0n) is 33.6. The molecular weight excluding hydrogens is 855 g/mol. The van der Waals surface area contributed by atoms with Gasteiger partial charge in [0.1, 0.15) is 0 Å². The normalized spacial score (nSPS) is 13.3. The van der Waals surface area contributed by atoms with Gasteiger partial charge in [-0.15, -0.1) is 23.9 Å². The van der Waals surface area contributed by atoms with Crippen LogP contribution in [0.25, 0.3) is 22.6 Å². The van der Waals surface area contributed by atoms with E-state index in [-0.39, 0.29) is 35.0 Å². The molecule has 0 amide bonds. The van der Waals surface area contributed by atoms with Crippen LogP contribution in [-0.4, -0.2) is 37.5 Å². The van der Waals surface area contributed by atoms with Gasteiger partial charge in [0.15, 0.2) is 0 Å². The van der Waals surface area contributed by atoms with Crippen LogP contribution in [0.4, 0.5) is 11.4 Å². The Balaban J connectivity index is 0.00000465. The van der Waals surface area contributed by atoms with Crippen LogP contribution < -0.4 is 29.8 Å². The molecule has 0 N–H and O–H groups in total. The number of ether oxygens (including phenoxy) is 1. The molecule has 0 saturated heterocycles. The maximum absolute atomic E-state index is 6.60. The largest absolute Gasteiger partial charge is 0.632 e. The van der Waals surface area contributed by atoms with Crippen LogP contribution in [0.15, 0.2) is 91.4 Å². The van der Waals surface area contributed by atoms with Crippen LogP contribution >= 0.6 is 0 Å². The topological polar surface area (TPSA) is 37.4 Å². The fourth-order valence-corrected chi connectivity index (χ4v) is 8.75. The molecule has 8 rings (SSSR count). The van der Waals surface area contributed by atoms with Crippen LogP contribution in [-0.2, 0) is 21.1 Å². The number of anilines is 2. The van der Waals surface area contributed by atoms with E-state index >= 15 is 0 Å². The molecule has 55 heavy (non-hydrogen) atoms. The van der Waals surface area contributed by atoms with Crippen molar-refractivity contribution in [2.24, 2.45) is 0 Å². The van der Waals surface area contributed by atoms with Crippen molar-refractivity contribution in [1.82, 2.24) is 9.46 Å². The maximum Gasteiger partial charge on any atom is 0.632 e. The summed E-state index contributed by atoms with van der Waals surface area (Å²) in [4.78, 5) is 9.63. The molecule has 0 atom stereocenters. The Bertz CT molecular complexity index is 2320.